The Morgan fingerprint density at radius 1 is 1.53 bits per heavy atom. The molecule has 0 saturated heterocycles. The Balaban J connectivity index is 2.28. The molecule has 0 aliphatic carbocycles. The highest BCUT2D eigenvalue weighted by Crippen LogP contribution is 2.28. The predicted octanol–water partition coefficient (Wildman–Crippen LogP) is 2.68. The van der Waals surface area contributed by atoms with Crippen LogP contribution in [-0.2, 0) is 0 Å². The molecular weight excluding hydrogens is 210 g/mol. The Kier molecular flexibility index (Phi) is 2.44. The molecule has 15 heavy (non-hydrogen) atoms. The van der Waals surface area contributed by atoms with E-state index in [9.17, 15) is 0 Å². The van der Waals surface area contributed by atoms with Crippen LogP contribution >= 0.6 is 11.3 Å². The van der Waals surface area contributed by atoms with E-state index < -0.39 is 0 Å². The van der Waals surface area contributed by atoms with E-state index in [1.807, 2.05) is 31.0 Å². The second-order valence-electron chi connectivity index (χ2n) is 3.06. The van der Waals surface area contributed by atoms with Gasteiger partial charge < -0.3 is 4.42 Å². The molecule has 0 aromatic carbocycles. The van der Waals surface area contributed by atoms with Gasteiger partial charge in [0.2, 0.25) is 5.88 Å². The summed E-state index contributed by atoms with van der Waals surface area (Å²) in [6.45, 7) is 1.89. The van der Waals surface area contributed by atoms with Crippen molar-refractivity contribution in [2.45, 2.75) is 6.92 Å². The number of anilines is 2. The number of furan rings is 1. The van der Waals surface area contributed by atoms with Crippen LogP contribution in [0.3, 0.4) is 0 Å². The molecule has 0 bridgehead atoms. The topological polar surface area (TPSA) is 53.1 Å². The van der Waals surface area contributed by atoms with Crippen molar-refractivity contribution >= 4 is 22.4 Å². The summed E-state index contributed by atoms with van der Waals surface area (Å²) in [7, 11) is 1.86. The SMILES string of the molecule is Cc1ccc(N(C)c2ncc(C#N)s2)o1. The fraction of sp³-hybridized carbons (Fsp3) is 0.200. The van der Waals surface area contributed by atoms with E-state index in [-0.39, 0.29) is 0 Å². The number of hydrogen-bond donors (Lipinski definition) is 0. The molecule has 2 rings (SSSR count). The van der Waals surface area contributed by atoms with E-state index in [1.54, 1.807) is 6.20 Å². The molecule has 0 aliphatic heterocycles. The summed E-state index contributed by atoms with van der Waals surface area (Å²) in [4.78, 5) is 6.55. The van der Waals surface area contributed by atoms with Gasteiger partial charge in [-0.3, -0.25) is 4.90 Å². The lowest BCUT2D eigenvalue weighted by molar-refractivity contribution is 0.538. The van der Waals surface area contributed by atoms with E-state index in [2.05, 4.69) is 11.1 Å². The third-order valence-corrected chi connectivity index (χ3v) is 2.93. The molecule has 0 unspecified atom stereocenters. The van der Waals surface area contributed by atoms with Gasteiger partial charge in [0.05, 0.1) is 6.20 Å². The molecule has 2 aromatic heterocycles. The average molecular weight is 219 g/mol. The molecule has 5 heteroatoms. The maximum absolute atomic E-state index is 8.69. The van der Waals surface area contributed by atoms with Gasteiger partial charge in [-0.05, 0) is 13.0 Å². The number of rotatable bonds is 2. The van der Waals surface area contributed by atoms with Gasteiger partial charge in [-0.2, -0.15) is 5.26 Å². The highest BCUT2D eigenvalue weighted by atomic mass is 32.1. The zero-order valence-electron chi connectivity index (χ0n) is 8.39. The highest BCUT2D eigenvalue weighted by Gasteiger charge is 2.11. The molecule has 0 radical (unpaired) electrons. The van der Waals surface area contributed by atoms with Crippen LogP contribution in [-0.4, -0.2) is 12.0 Å². The normalized spacial score (nSPS) is 9.93. The van der Waals surface area contributed by atoms with Crippen LogP contribution in [0.1, 0.15) is 10.6 Å². The van der Waals surface area contributed by atoms with Crippen molar-refractivity contribution in [3.05, 3.63) is 29.0 Å². The van der Waals surface area contributed by atoms with Crippen LogP contribution in [0.25, 0.3) is 0 Å². The van der Waals surface area contributed by atoms with Crippen LogP contribution in [0.2, 0.25) is 0 Å². The quantitative estimate of drug-likeness (QED) is 0.779. The third kappa shape index (κ3) is 1.85. The van der Waals surface area contributed by atoms with Crippen molar-refractivity contribution < 1.29 is 4.42 Å². The molecule has 2 aromatic rings. The van der Waals surface area contributed by atoms with Gasteiger partial charge in [0.25, 0.3) is 0 Å². The van der Waals surface area contributed by atoms with Crippen LogP contribution in [0.4, 0.5) is 11.0 Å². The second kappa shape index (κ2) is 3.75. The standard InChI is InChI=1S/C10H9N3OS/c1-7-3-4-9(14-7)13(2)10-12-6-8(5-11)15-10/h3-4,6H,1-2H3. The molecular formula is C10H9N3OS. The number of nitrogens with zero attached hydrogens (tertiary/aromatic N) is 3. The first-order valence-electron chi connectivity index (χ1n) is 4.37. The van der Waals surface area contributed by atoms with Crippen LogP contribution in [0, 0.1) is 18.3 Å². The summed E-state index contributed by atoms with van der Waals surface area (Å²) in [5, 5.41) is 9.44. The van der Waals surface area contributed by atoms with Crippen molar-refractivity contribution in [3.63, 3.8) is 0 Å². The minimum Gasteiger partial charge on any atom is -0.445 e. The minimum absolute atomic E-state index is 0.597. The fourth-order valence-corrected chi connectivity index (χ4v) is 1.85. The van der Waals surface area contributed by atoms with Gasteiger partial charge in [-0.15, -0.1) is 0 Å². The molecule has 0 spiro atoms. The smallest absolute Gasteiger partial charge is 0.201 e. The summed E-state index contributed by atoms with van der Waals surface area (Å²) >= 11 is 1.34. The van der Waals surface area contributed by atoms with E-state index in [4.69, 9.17) is 9.68 Å². The Bertz CT molecular complexity index is 509. The largest absolute Gasteiger partial charge is 0.445 e. The van der Waals surface area contributed by atoms with Gasteiger partial charge in [-0.1, -0.05) is 11.3 Å². The molecule has 76 valence electrons. The second-order valence-corrected chi connectivity index (χ2v) is 4.07. The Hall–Kier alpha value is -1.80. The number of aromatic nitrogens is 1. The Morgan fingerprint density at radius 2 is 2.33 bits per heavy atom. The van der Waals surface area contributed by atoms with Crippen LogP contribution < -0.4 is 4.90 Å². The minimum atomic E-state index is 0.597. The summed E-state index contributed by atoms with van der Waals surface area (Å²) < 4.78 is 5.45. The van der Waals surface area contributed by atoms with Crippen molar-refractivity contribution in [1.29, 1.82) is 5.26 Å². The summed E-state index contributed by atoms with van der Waals surface area (Å²) in [6.07, 6.45) is 1.56. The van der Waals surface area contributed by atoms with Crippen molar-refractivity contribution in [1.82, 2.24) is 4.98 Å². The van der Waals surface area contributed by atoms with E-state index in [0.717, 1.165) is 16.8 Å². The molecule has 0 fully saturated rings. The lowest BCUT2D eigenvalue weighted by Gasteiger charge is -2.10. The van der Waals surface area contributed by atoms with Gasteiger partial charge in [0, 0.05) is 13.1 Å². The lowest BCUT2D eigenvalue weighted by Crippen LogP contribution is -2.07. The monoisotopic (exact) mass is 219 g/mol. The molecule has 4 nitrogen and oxygen atoms in total. The predicted molar refractivity (Wildman–Crippen MR) is 58.3 cm³/mol. The molecule has 2 heterocycles. The molecule has 0 aliphatic rings. The first kappa shape index (κ1) is 9.74. The van der Waals surface area contributed by atoms with E-state index >= 15 is 0 Å². The van der Waals surface area contributed by atoms with E-state index in [1.165, 1.54) is 11.3 Å². The maximum Gasteiger partial charge on any atom is 0.201 e. The Labute approximate surface area is 91.4 Å². The molecule has 0 amide bonds. The van der Waals surface area contributed by atoms with Gasteiger partial charge in [0.1, 0.15) is 16.7 Å². The maximum atomic E-state index is 8.69. The zero-order valence-corrected chi connectivity index (χ0v) is 9.21. The van der Waals surface area contributed by atoms with Crippen LogP contribution in [0.5, 0.6) is 0 Å². The van der Waals surface area contributed by atoms with E-state index in [0.29, 0.717) is 4.88 Å². The van der Waals surface area contributed by atoms with Gasteiger partial charge in [-0.25, -0.2) is 4.98 Å². The molecule has 0 saturated carbocycles. The van der Waals surface area contributed by atoms with Crippen molar-refractivity contribution in [2.75, 3.05) is 11.9 Å². The summed E-state index contributed by atoms with van der Waals surface area (Å²) in [6, 6.07) is 5.83. The summed E-state index contributed by atoms with van der Waals surface area (Å²) in [5.74, 6) is 1.58. The molecule has 0 N–H and O–H groups in total. The average Bonchev–Trinajstić information content (AvgIpc) is 2.84. The fourth-order valence-electron chi connectivity index (χ4n) is 1.17. The van der Waals surface area contributed by atoms with Crippen molar-refractivity contribution in [3.8, 4) is 6.07 Å². The first-order chi connectivity index (χ1) is 7.20. The molecule has 0 atom stereocenters. The number of hydrogen-bond acceptors (Lipinski definition) is 5. The van der Waals surface area contributed by atoms with Crippen molar-refractivity contribution in [2.24, 2.45) is 0 Å². The van der Waals surface area contributed by atoms with Gasteiger partial charge >= 0.3 is 0 Å². The lowest BCUT2D eigenvalue weighted by atomic mass is 10.5. The highest BCUT2D eigenvalue weighted by molar-refractivity contribution is 7.16. The number of aryl methyl sites for hydroxylation is 1. The van der Waals surface area contributed by atoms with Gasteiger partial charge in [0.15, 0.2) is 5.13 Å². The number of nitriles is 1. The summed E-state index contributed by atoms with van der Waals surface area (Å²) in [5.41, 5.74) is 0. The third-order valence-electron chi connectivity index (χ3n) is 1.95. The van der Waals surface area contributed by atoms with Crippen LogP contribution in [0.15, 0.2) is 22.7 Å². The first-order valence-corrected chi connectivity index (χ1v) is 5.18. The number of thiazole rings is 1. The Morgan fingerprint density at radius 3 is 2.87 bits per heavy atom. The zero-order chi connectivity index (χ0) is 10.8.